The van der Waals surface area contributed by atoms with E-state index < -0.39 is 57.8 Å². The van der Waals surface area contributed by atoms with Gasteiger partial charge in [0.2, 0.25) is 10.0 Å². The summed E-state index contributed by atoms with van der Waals surface area (Å²) in [6, 6.07) is 10.4. The first-order valence-corrected chi connectivity index (χ1v) is 18.5. The zero-order chi connectivity index (χ0) is 38.6. The van der Waals surface area contributed by atoms with Crippen molar-refractivity contribution in [1.82, 2.24) is 26.0 Å². The molecule has 0 aliphatic carbocycles. The van der Waals surface area contributed by atoms with Crippen molar-refractivity contribution in [2.75, 3.05) is 20.2 Å². The number of rotatable bonds is 17. The van der Waals surface area contributed by atoms with E-state index in [1.165, 1.54) is 7.11 Å². The molecule has 14 nitrogen and oxygen atoms in total. The van der Waals surface area contributed by atoms with Crippen molar-refractivity contribution in [1.29, 1.82) is 0 Å². The van der Waals surface area contributed by atoms with Crippen LogP contribution in [0.3, 0.4) is 0 Å². The van der Waals surface area contributed by atoms with Crippen LogP contribution in [-0.2, 0) is 30.7 Å². The molecule has 6 N–H and O–H groups in total. The first-order chi connectivity index (χ1) is 23.6. The van der Waals surface area contributed by atoms with Gasteiger partial charge in [-0.1, -0.05) is 30.3 Å². The van der Waals surface area contributed by atoms with Crippen molar-refractivity contribution < 1.29 is 42.1 Å². The highest BCUT2D eigenvalue weighted by atomic mass is 32.2. The van der Waals surface area contributed by atoms with E-state index in [1.54, 1.807) is 68.4 Å². The minimum atomic E-state index is -4.20. The number of methoxy groups -OCH3 is 1. The zero-order valence-corrected chi connectivity index (χ0v) is 32.4. The van der Waals surface area contributed by atoms with Crippen LogP contribution >= 0.6 is 0 Å². The maximum absolute atomic E-state index is 13.7. The molecule has 2 aromatic carbocycles. The average Bonchev–Trinajstić information content (AvgIpc) is 3.00. The molecule has 0 saturated carbocycles. The Bertz CT molecular complexity index is 1570. The van der Waals surface area contributed by atoms with Gasteiger partial charge in [0, 0.05) is 6.54 Å². The van der Waals surface area contributed by atoms with Crippen LogP contribution in [0, 0.1) is 20.8 Å². The molecule has 0 heterocycles. The molecule has 286 valence electrons. The van der Waals surface area contributed by atoms with Gasteiger partial charge in [-0.25, -0.2) is 18.0 Å². The monoisotopic (exact) mass is 735 g/mol. The summed E-state index contributed by atoms with van der Waals surface area (Å²) >= 11 is 0. The number of carbonyl (C=O) groups excluding carboxylic acids is 3. The number of ether oxygens (including phenoxy) is 3. The van der Waals surface area contributed by atoms with E-state index in [4.69, 9.17) is 14.2 Å². The summed E-state index contributed by atoms with van der Waals surface area (Å²) in [5.74, 6) is -0.113. The lowest BCUT2D eigenvalue weighted by molar-refractivity contribution is -0.130. The van der Waals surface area contributed by atoms with Gasteiger partial charge in [-0.05, 0) is 123 Å². The quantitative estimate of drug-likeness (QED) is 0.102. The number of amides is 3. The first kappa shape index (κ1) is 43.2. The second-order valence-electron chi connectivity index (χ2n) is 14.3. The van der Waals surface area contributed by atoms with Gasteiger partial charge in [0.25, 0.3) is 5.91 Å². The molecule has 0 fully saturated rings. The van der Waals surface area contributed by atoms with Gasteiger partial charge >= 0.3 is 12.2 Å². The largest absolute Gasteiger partial charge is 0.496 e. The summed E-state index contributed by atoms with van der Waals surface area (Å²) in [7, 11) is -2.70. The summed E-state index contributed by atoms with van der Waals surface area (Å²) in [6.07, 6.45) is -2.90. The second kappa shape index (κ2) is 19.1. The highest BCUT2D eigenvalue weighted by Gasteiger charge is 2.31. The van der Waals surface area contributed by atoms with Crippen molar-refractivity contribution in [2.24, 2.45) is 0 Å². The number of hydrogen-bond acceptors (Lipinski definition) is 10. The molecule has 2 unspecified atom stereocenters. The summed E-state index contributed by atoms with van der Waals surface area (Å²) in [4.78, 5) is 38.4. The number of sulfonamides is 1. The molecule has 0 aliphatic rings. The maximum Gasteiger partial charge on any atom is 0.409 e. The fourth-order valence-corrected chi connectivity index (χ4v) is 6.79. The van der Waals surface area contributed by atoms with Crippen LogP contribution < -0.4 is 30.7 Å². The standard InChI is InChI=1S/C36H57N5O9S/c1-23-22-28(48-10)24(2)25(3)30(23)51(46,47)41-32(40-34(45)50-36(7,8)9)38-21-15-19-27(39-33(44)49-35(4,5)6)29(42)31(43)37-20-14-18-26-16-12-11-13-17-26/h11-13,16-17,22,27,29,32,38,41-42H,14-15,18-21H2,1-10H3,(H,37,43)(H,39,44)(H,40,45)/t27-,29?,32?/m0/s1. The minimum absolute atomic E-state index is 0.0399. The molecule has 0 bridgehead atoms. The third kappa shape index (κ3) is 15.1. The lowest BCUT2D eigenvalue weighted by Gasteiger charge is -2.27. The molecule has 0 aromatic heterocycles. The van der Waals surface area contributed by atoms with Gasteiger partial charge in [-0.3, -0.25) is 15.4 Å². The highest BCUT2D eigenvalue weighted by molar-refractivity contribution is 7.89. The number of hydrogen-bond donors (Lipinski definition) is 6. The lowest BCUT2D eigenvalue weighted by atomic mass is 10.0. The molecule has 0 spiro atoms. The Labute approximate surface area is 302 Å². The van der Waals surface area contributed by atoms with Gasteiger partial charge in [-0.2, -0.15) is 4.72 Å². The van der Waals surface area contributed by atoms with E-state index in [-0.39, 0.29) is 24.3 Å². The predicted octanol–water partition coefficient (Wildman–Crippen LogP) is 4.08. The number of benzene rings is 2. The Balaban J connectivity index is 2.18. The van der Waals surface area contributed by atoms with Crippen molar-refractivity contribution in [3.63, 3.8) is 0 Å². The Kier molecular flexibility index (Phi) is 16.2. The second-order valence-corrected chi connectivity index (χ2v) is 16.0. The third-order valence-electron chi connectivity index (χ3n) is 7.58. The number of alkyl carbamates (subject to hydrolysis) is 2. The van der Waals surface area contributed by atoms with E-state index in [0.717, 1.165) is 12.0 Å². The smallest absolute Gasteiger partial charge is 0.409 e. The maximum atomic E-state index is 13.7. The van der Waals surface area contributed by atoms with Gasteiger partial charge in [0.1, 0.15) is 17.0 Å². The van der Waals surface area contributed by atoms with E-state index in [2.05, 4.69) is 26.0 Å². The molecule has 2 rings (SSSR count). The summed E-state index contributed by atoms with van der Waals surface area (Å²) < 4.78 is 46.0. The van der Waals surface area contributed by atoms with Crippen molar-refractivity contribution in [2.45, 2.75) is 123 Å². The Morgan fingerprint density at radius 3 is 2.00 bits per heavy atom. The van der Waals surface area contributed by atoms with Crippen LogP contribution in [0.4, 0.5) is 9.59 Å². The Morgan fingerprint density at radius 2 is 1.43 bits per heavy atom. The van der Waals surface area contributed by atoms with Gasteiger partial charge in [0.05, 0.1) is 18.0 Å². The number of nitrogens with one attached hydrogen (secondary N) is 5. The van der Waals surface area contributed by atoms with Crippen molar-refractivity contribution in [3.8, 4) is 5.75 Å². The topological polar surface area (TPSA) is 193 Å². The van der Waals surface area contributed by atoms with E-state index in [9.17, 15) is 27.9 Å². The van der Waals surface area contributed by atoms with E-state index in [1.807, 2.05) is 30.3 Å². The molecule has 3 atom stereocenters. The highest BCUT2D eigenvalue weighted by Crippen LogP contribution is 2.30. The van der Waals surface area contributed by atoms with Crippen molar-refractivity contribution >= 4 is 28.1 Å². The number of aliphatic hydroxyl groups is 1. The number of carbonyl (C=O) groups is 3. The SMILES string of the molecule is COc1cc(C)c(S(=O)(=O)NC(NCCC[C@H](NC(=O)OC(C)(C)C)C(O)C(=O)NCCCc2ccccc2)NC(=O)OC(C)(C)C)c(C)c1C. The fraction of sp³-hybridized carbons (Fsp3) is 0.583. The number of aryl methyl sites for hydroxylation is 2. The van der Waals surface area contributed by atoms with Gasteiger partial charge < -0.3 is 30.0 Å². The average molecular weight is 736 g/mol. The first-order valence-electron chi connectivity index (χ1n) is 17.0. The van der Waals surface area contributed by atoms with Crippen LogP contribution in [0.5, 0.6) is 5.75 Å². The summed E-state index contributed by atoms with van der Waals surface area (Å²) in [5, 5.41) is 21.8. The van der Waals surface area contributed by atoms with Crippen LogP contribution in [0.1, 0.15) is 83.1 Å². The minimum Gasteiger partial charge on any atom is -0.496 e. The summed E-state index contributed by atoms with van der Waals surface area (Å²) in [6.45, 7) is 15.6. The molecular weight excluding hydrogens is 678 g/mol. The normalized spacial score (nSPS) is 13.8. The molecular formula is C36H57N5O9S. The molecule has 3 amide bonds. The Hall–Kier alpha value is -3.92. The molecule has 2 aromatic rings. The molecule has 15 heteroatoms. The zero-order valence-electron chi connectivity index (χ0n) is 31.6. The van der Waals surface area contributed by atoms with Crippen LogP contribution in [-0.4, -0.2) is 81.5 Å². The summed E-state index contributed by atoms with van der Waals surface area (Å²) in [5.41, 5.74) is 1.02. The number of aliphatic hydroxyl groups excluding tert-OH is 1. The third-order valence-corrected chi connectivity index (χ3v) is 9.29. The van der Waals surface area contributed by atoms with Gasteiger partial charge in [0.15, 0.2) is 12.4 Å². The molecule has 0 aliphatic heterocycles. The predicted molar refractivity (Wildman–Crippen MR) is 195 cm³/mol. The van der Waals surface area contributed by atoms with E-state index in [0.29, 0.717) is 35.4 Å². The van der Waals surface area contributed by atoms with Gasteiger partial charge in [-0.15, -0.1) is 0 Å². The van der Waals surface area contributed by atoms with Crippen molar-refractivity contribution in [3.05, 3.63) is 58.7 Å². The molecule has 51 heavy (non-hydrogen) atoms. The molecule has 0 saturated heterocycles. The lowest BCUT2D eigenvalue weighted by Crippen LogP contribution is -2.57. The van der Waals surface area contributed by atoms with Crippen LogP contribution in [0.15, 0.2) is 41.3 Å². The molecule has 0 radical (unpaired) electrons. The van der Waals surface area contributed by atoms with Crippen LogP contribution in [0.2, 0.25) is 0 Å². The Morgan fingerprint density at radius 1 is 0.843 bits per heavy atom. The van der Waals surface area contributed by atoms with Crippen LogP contribution in [0.25, 0.3) is 0 Å². The van der Waals surface area contributed by atoms with E-state index >= 15 is 0 Å². The fourth-order valence-electron chi connectivity index (χ4n) is 5.18.